The van der Waals surface area contributed by atoms with Gasteiger partial charge in [-0.2, -0.15) is 13.2 Å². The summed E-state index contributed by atoms with van der Waals surface area (Å²) >= 11 is 0. The fraction of sp³-hybridized carbons (Fsp3) is 0.700. The quantitative estimate of drug-likeness (QED) is 0.697. The van der Waals surface area contributed by atoms with Crippen molar-refractivity contribution >= 4 is 17.8 Å². The number of likely N-dealkylation sites (tertiary alicyclic amines) is 1. The number of carbonyl (C=O) groups excluding carboxylic acids is 2. The van der Waals surface area contributed by atoms with Crippen molar-refractivity contribution in [1.82, 2.24) is 10.2 Å². The van der Waals surface area contributed by atoms with Crippen LogP contribution in [0.4, 0.5) is 13.2 Å². The van der Waals surface area contributed by atoms with E-state index in [9.17, 15) is 27.6 Å². The third kappa shape index (κ3) is 4.42. The zero-order chi connectivity index (χ0) is 14.6. The molecule has 0 bridgehead atoms. The highest BCUT2D eigenvalue weighted by atomic mass is 19.4. The molecular weight excluding hydrogens is 269 g/mol. The first kappa shape index (κ1) is 15.3. The molecule has 0 atom stereocenters. The monoisotopic (exact) mass is 282 g/mol. The largest absolute Gasteiger partial charge is 0.474 e. The lowest BCUT2D eigenvalue weighted by atomic mass is 9.96. The van der Waals surface area contributed by atoms with Crippen molar-refractivity contribution < 1.29 is 32.7 Å². The van der Waals surface area contributed by atoms with Gasteiger partial charge in [-0.3, -0.25) is 9.59 Å². The molecule has 6 nitrogen and oxygen atoms in total. The summed E-state index contributed by atoms with van der Waals surface area (Å²) in [5.41, 5.74) is 0. The van der Waals surface area contributed by atoms with Crippen LogP contribution in [-0.2, 0) is 14.4 Å². The molecule has 2 amide bonds. The highest BCUT2D eigenvalue weighted by Crippen LogP contribution is 2.23. The van der Waals surface area contributed by atoms with E-state index in [2.05, 4.69) is 5.32 Å². The lowest BCUT2D eigenvalue weighted by Gasteiger charge is -2.32. The number of carboxylic acids is 1. The molecule has 0 aromatic heterocycles. The van der Waals surface area contributed by atoms with Gasteiger partial charge in [0.1, 0.15) is 0 Å². The molecular formula is C10H13F3N2O4. The second kappa shape index (κ2) is 5.89. The Morgan fingerprint density at radius 2 is 1.74 bits per heavy atom. The SMILES string of the molecule is O=C(O)C(=O)NCC1CCN(C(=O)C(F)(F)F)CC1. The van der Waals surface area contributed by atoms with E-state index in [1.165, 1.54) is 0 Å². The zero-order valence-electron chi connectivity index (χ0n) is 9.87. The van der Waals surface area contributed by atoms with Crippen LogP contribution >= 0.6 is 0 Å². The van der Waals surface area contributed by atoms with Crippen LogP contribution in [-0.4, -0.2) is 53.6 Å². The fourth-order valence-electron chi connectivity index (χ4n) is 1.83. The number of carbonyl (C=O) groups is 3. The van der Waals surface area contributed by atoms with E-state index in [0.717, 1.165) is 4.90 Å². The number of amides is 2. The molecule has 19 heavy (non-hydrogen) atoms. The average Bonchev–Trinajstić information content (AvgIpc) is 2.34. The molecule has 2 N–H and O–H groups in total. The van der Waals surface area contributed by atoms with Gasteiger partial charge in [0.05, 0.1) is 0 Å². The topological polar surface area (TPSA) is 86.7 Å². The number of nitrogens with one attached hydrogen (secondary N) is 1. The maximum Gasteiger partial charge on any atom is 0.471 e. The molecule has 0 saturated carbocycles. The summed E-state index contributed by atoms with van der Waals surface area (Å²) in [5, 5.41) is 10.5. The van der Waals surface area contributed by atoms with Crippen LogP contribution in [0.1, 0.15) is 12.8 Å². The zero-order valence-corrected chi connectivity index (χ0v) is 9.87. The van der Waals surface area contributed by atoms with Crippen molar-refractivity contribution in [2.45, 2.75) is 19.0 Å². The summed E-state index contributed by atoms with van der Waals surface area (Å²) in [5.74, 6) is -4.74. The number of hydrogen-bond donors (Lipinski definition) is 2. The van der Waals surface area contributed by atoms with Crippen LogP contribution in [0, 0.1) is 5.92 Å². The minimum atomic E-state index is -4.87. The molecule has 9 heteroatoms. The molecule has 0 aromatic carbocycles. The number of piperidine rings is 1. The van der Waals surface area contributed by atoms with Crippen molar-refractivity contribution in [3.63, 3.8) is 0 Å². The smallest absolute Gasteiger partial charge is 0.471 e. The second-order valence-corrected chi connectivity index (χ2v) is 4.25. The van der Waals surface area contributed by atoms with E-state index in [1.807, 2.05) is 0 Å². The van der Waals surface area contributed by atoms with E-state index in [-0.39, 0.29) is 25.6 Å². The number of rotatable bonds is 2. The summed E-state index contributed by atoms with van der Waals surface area (Å²) in [6, 6.07) is 0. The van der Waals surface area contributed by atoms with E-state index in [1.54, 1.807) is 0 Å². The molecule has 1 aliphatic rings. The first-order chi connectivity index (χ1) is 8.71. The minimum absolute atomic E-state index is 0.0497. The van der Waals surface area contributed by atoms with E-state index in [0.29, 0.717) is 12.8 Å². The number of alkyl halides is 3. The van der Waals surface area contributed by atoms with Gasteiger partial charge in [-0.1, -0.05) is 0 Å². The number of aliphatic carboxylic acids is 1. The minimum Gasteiger partial charge on any atom is -0.474 e. The lowest BCUT2D eigenvalue weighted by molar-refractivity contribution is -0.186. The molecule has 108 valence electrons. The Morgan fingerprint density at radius 3 is 2.16 bits per heavy atom. The summed E-state index contributed by atoms with van der Waals surface area (Å²) in [6.07, 6.45) is -4.28. The summed E-state index contributed by atoms with van der Waals surface area (Å²) in [7, 11) is 0. The van der Waals surface area contributed by atoms with Gasteiger partial charge >= 0.3 is 24.0 Å². The predicted molar refractivity (Wildman–Crippen MR) is 56.0 cm³/mol. The molecule has 1 heterocycles. The first-order valence-electron chi connectivity index (χ1n) is 5.59. The first-order valence-corrected chi connectivity index (χ1v) is 5.59. The normalized spacial score (nSPS) is 17.1. The predicted octanol–water partition coefficient (Wildman–Crippen LogP) is -0.0119. The van der Waals surface area contributed by atoms with Gasteiger partial charge in [0, 0.05) is 19.6 Å². The van der Waals surface area contributed by atoms with Crippen molar-refractivity contribution in [2.75, 3.05) is 19.6 Å². The second-order valence-electron chi connectivity index (χ2n) is 4.25. The maximum atomic E-state index is 12.2. The molecule has 0 spiro atoms. The summed E-state index contributed by atoms with van der Waals surface area (Å²) in [6.45, 7) is -0.0168. The van der Waals surface area contributed by atoms with Crippen LogP contribution in [0.5, 0.6) is 0 Å². The Bertz CT molecular complexity index is 375. The Labute approximate surface area is 106 Å². The summed E-state index contributed by atoms with van der Waals surface area (Å²) < 4.78 is 36.5. The van der Waals surface area contributed by atoms with Gasteiger partial charge in [0.25, 0.3) is 0 Å². The highest BCUT2D eigenvalue weighted by Gasteiger charge is 2.43. The van der Waals surface area contributed by atoms with Crippen LogP contribution in [0.2, 0.25) is 0 Å². The molecule has 1 fully saturated rings. The van der Waals surface area contributed by atoms with Gasteiger partial charge in [-0.25, -0.2) is 4.79 Å². The Balaban J connectivity index is 2.35. The van der Waals surface area contributed by atoms with Crippen molar-refractivity contribution in [1.29, 1.82) is 0 Å². The van der Waals surface area contributed by atoms with Crippen molar-refractivity contribution in [2.24, 2.45) is 5.92 Å². The number of nitrogens with zero attached hydrogens (tertiary/aromatic N) is 1. The number of hydrogen-bond acceptors (Lipinski definition) is 3. The van der Waals surface area contributed by atoms with E-state index >= 15 is 0 Å². The van der Waals surface area contributed by atoms with Gasteiger partial charge in [-0.05, 0) is 18.8 Å². The molecule has 0 unspecified atom stereocenters. The third-order valence-corrected chi connectivity index (χ3v) is 2.89. The molecule has 1 aliphatic heterocycles. The number of halogens is 3. The maximum absolute atomic E-state index is 12.2. The molecule has 1 saturated heterocycles. The Morgan fingerprint density at radius 1 is 1.21 bits per heavy atom. The van der Waals surface area contributed by atoms with E-state index < -0.39 is 24.0 Å². The van der Waals surface area contributed by atoms with Crippen molar-refractivity contribution in [3.8, 4) is 0 Å². The van der Waals surface area contributed by atoms with Crippen LogP contribution < -0.4 is 5.32 Å². The summed E-state index contributed by atoms with van der Waals surface area (Å²) in [4.78, 5) is 32.7. The molecule has 1 rings (SSSR count). The lowest BCUT2D eigenvalue weighted by Crippen LogP contribution is -2.47. The number of carboxylic acid groups (broad SMARTS) is 1. The van der Waals surface area contributed by atoms with Gasteiger partial charge < -0.3 is 15.3 Å². The average molecular weight is 282 g/mol. The Hall–Kier alpha value is -1.80. The van der Waals surface area contributed by atoms with Crippen LogP contribution in [0.25, 0.3) is 0 Å². The fourth-order valence-corrected chi connectivity index (χ4v) is 1.83. The van der Waals surface area contributed by atoms with Gasteiger partial charge in [0.2, 0.25) is 0 Å². The van der Waals surface area contributed by atoms with E-state index in [4.69, 9.17) is 5.11 Å². The van der Waals surface area contributed by atoms with Crippen LogP contribution in [0.3, 0.4) is 0 Å². The highest BCUT2D eigenvalue weighted by molar-refractivity contribution is 6.31. The standard InChI is InChI=1S/C10H13F3N2O4/c11-10(12,13)9(19)15-3-1-6(2-4-15)5-14-7(16)8(17)18/h6H,1-5H2,(H,14,16)(H,17,18). The molecule has 0 aliphatic carbocycles. The Kier molecular flexibility index (Phi) is 4.73. The molecule has 0 aromatic rings. The van der Waals surface area contributed by atoms with Gasteiger partial charge in [-0.15, -0.1) is 0 Å². The van der Waals surface area contributed by atoms with Crippen molar-refractivity contribution in [3.05, 3.63) is 0 Å². The third-order valence-electron chi connectivity index (χ3n) is 2.89. The van der Waals surface area contributed by atoms with Crippen LogP contribution in [0.15, 0.2) is 0 Å². The van der Waals surface area contributed by atoms with Gasteiger partial charge in [0.15, 0.2) is 0 Å². The molecule has 0 radical (unpaired) electrons.